The lowest BCUT2D eigenvalue weighted by molar-refractivity contribution is 0.119. The summed E-state index contributed by atoms with van der Waals surface area (Å²) in [5, 5.41) is 3.66. The quantitative estimate of drug-likeness (QED) is 0.883. The fourth-order valence-corrected chi connectivity index (χ4v) is 2.73. The lowest BCUT2D eigenvalue weighted by Crippen LogP contribution is -2.33. The van der Waals surface area contributed by atoms with Gasteiger partial charge in [-0.2, -0.15) is 0 Å². The molecule has 0 bridgehead atoms. The molecule has 0 saturated heterocycles. The minimum absolute atomic E-state index is 0.255. The maximum Gasteiger partial charge on any atom is 0.110 e. The monoisotopic (exact) mass is 294 g/mol. The van der Waals surface area contributed by atoms with Gasteiger partial charge in [-0.15, -0.1) is 0 Å². The van der Waals surface area contributed by atoms with Crippen LogP contribution in [-0.4, -0.2) is 17.6 Å². The number of rotatable bonds is 6. The van der Waals surface area contributed by atoms with Crippen molar-refractivity contribution in [2.45, 2.75) is 31.4 Å². The van der Waals surface area contributed by atoms with Crippen molar-refractivity contribution >= 4 is 0 Å². The lowest BCUT2D eigenvalue weighted by Gasteiger charge is -2.24. The van der Waals surface area contributed by atoms with E-state index in [0.29, 0.717) is 0 Å². The lowest BCUT2D eigenvalue weighted by atomic mass is 10.0. The first-order chi connectivity index (χ1) is 10.9. The Morgan fingerprint density at radius 1 is 1.14 bits per heavy atom. The molecule has 3 rings (SSSR count). The molecule has 114 valence electrons. The van der Waals surface area contributed by atoms with Gasteiger partial charge in [-0.05, 0) is 36.6 Å². The fraction of sp³-hybridized carbons (Fsp3) is 0.316. The maximum atomic E-state index is 5.66. The van der Waals surface area contributed by atoms with E-state index in [2.05, 4.69) is 52.8 Å². The van der Waals surface area contributed by atoms with Crippen LogP contribution >= 0.6 is 0 Å². The summed E-state index contributed by atoms with van der Waals surface area (Å²) in [6.45, 7) is 0.858. The Kier molecular flexibility index (Phi) is 5.22. The van der Waals surface area contributed by atoms with E-state index in [-0.39, 0.29) is 12.1 Å². The van der Waals surface area contributed by atoms with Crippen LogP contribution in [0.2, 0.25) is 0 Å². The molecule has 0 saturated carbocycles. The van der Waals surface area contributed by atoms with Crippen molar-refractivity contribution in [3.05, 3.63) is 78.3 Å². The molecule has 1 aliphatic rings. The summed E-state index contributed by atoms with van der Waals surface area (Å²) in [6.07, 6.45) is 9.09. The van der Waals surface area contributed by atoms with Crippen LogP contribution in [-0.2, 0) is 11.2 Å². The van der Waals surface area contributed by atoms with E-state index < -0.39 is 0 Å². The molecule has 1 aromatic heterocycles. The van der Waals surface area contributed by atoms with Crippen molar-refractivity contribution in [3.8, 4) is 0 Å². The Labute approximate surface area is 132 Å². The molecule has 0 fully saturated rings. The number of ether oxygens (including phenoxy) is 1. The van der Waals surface area contributed by atoms with Crippen LogP contribution in [0.25, 0.3) is 0 Å². The Morgan fingerprint density at radius 2 is 2.00 bits per heavy atom. The molecule has 3 heteroatoms. The van der Waals surface area contributed by atoms with E-state index in [1.54, 1.807) is 0 Å². The van der Waals surface area contributed by atoms with Gasteiger partial charge in [-0.1, -0.05) is 36.4 Å². The Morgan fingerprint density at radius 3 is 2.73 bits per heavy atom. The van der Waals surface area contributed by atoms with Crippen molar-refractivity contribution in [1.29, 1.82) is 0 Å². The molecule has 0 unspecified atom stereocenters. The molecule has 1 N–H and O–H groups in total. The number of nitrogens with one attached hydrogen (secondary N) is 1. The molecule has 3 nitrogen and oxygen atoms in total. The Balaban J connectivity index is 1.67. The average Bonchev–Trinajstić information content (AvgIpc) is 2.61. The largest absolute Gasteiger partial charge is 0.497 e. The minimum atomic E-state index is 0.255. The normalized spacial score (nSPS) is 18.6. The predicted octanol–water partition coefficient (Wildman–Crippen LogP) is 3.65. The second-order valence-electron chi connectivity index (χ2n) is 5.60. The molecule has 22 heavy (non-hydrogen) atoms. The number of allylic oxidation sites excluding steroid dienone is 1. The second kappa shape index (κ2) is 7.76. The van der Waals surface area contributed by atoms with E-state index in [1.165, 1.54) is 5.56 Å². The van der Waals surface area contributed by atoms with Crippen LogP contribution in [0.15, 0.2) is 67.1 Å². The highest BCUT2D eigenvalue weighted by atomic mass is 16.5. The molecule has 0 radical (unpaired) electrons. The third-order valence-electron chi connectivity index (χ3n) is 3.96. The summed E-state index contributed by atoms with van der Waals surface area (Å²) < 4.78 is 5.66. The van der Waals surface area contributed by atoms with Crippen LogP contribution in [0, 0.1) is 0 Å². The zero-order valence-electron chi connectivity index (χ0n) is 12.7. The van der Waals surface area contributed by atoms with E-state index >= 15 is 0 Å². The molecule has 2 aromatic rings. The van der Waals surface area contributed by atoms with E-state index in [9.17, 15) is 0 Å². The second-order valence-corrected chi connectivity index (χ2v) is 5.60. The van der Waals surface area contributed by atoms with Crippen LogP contribution in [0.5, 0.6) is 0 Å². The molecule has 0 aliphatic carbocycles. The summed E-state index contributed by atoms with van der Waals surface area (Å²) in [6, 6.07) is 16.9. The van der Waals surface area contributed by atoms with Crippen molar-refractivity contribution in [2.75, 3.05) is 6.54 Å². The molecule has 1 aromatic carbocycles. The van der Waals surface area contributed by atoms with Gasteiger partial charge in [0.15, 0.2) is 0 Å². The zero-order chi connectivity index (χ0) is 15.0. The first-order valence-electron chi connectivity index (χ1n) is 7.90. The molecule has 0 amide bonds. The standard InChI is InChI=1S/C19H22N2O/c1-2-8-16(9-3-1)19(14-17-10-4-6-12-20-17)21-15-18-11-5-7-13-22-18/h1-4,6-10,12-13,18-19,21H,5,11,14-15H2/t18-,19-/m0/s1. The fourth-order valence-electron chi connectivity index (χ4n) is 2.73. The number of hydrogen-bond donors (Lipinski definition) is 1. The Hall–Kier alpha value is -2.13. The highest BCUT2D eigenvalue weighted by molar-refractivity contribution is 5.21. The van der Waals surface area contributed by atoms with Crippen LogP contribution in [0.1, 0.15) is 30.1 Å². The summed E-state index contributed by atoms with van der Waals surface area (Å²) in [4.78, 5) is 4.46. The number of hydrogen-bond acceptors (Lipinski definition) is 3. The first kappa shape index (κ1) is 14.8. The third kappa shape index (κ3) is 4.18. The Bertz CT molecular complexity index is 583. The maximum absolute atomic E-state index is 5.66. The zero-order valence-corrected chi connectivity index (χ0v) is 12.7. The minimum Gasteiger partial charge on any atom is -0.497 e. The van der Waals surface area contributed by atoms with Gasteiger partial charge >= 0.3 is 0 Å². The van der Waals surface area contributed by atoms with Crippen molar-refractivity contribution in [2.24, 2.45) is 0 Å². The van der Waals surface area contributed by atoms with Gasteiger partial charge in [0, 0.05) is 30.9 Å². The van der Waals surface area contributed by atoms with Gasteiger partial charge in [0.2, 0.25) is 0 Å². The van der Waals surface area contributed by atoms with E-state index in [0.717, 1.165) is 31.5 Å². The summed E-state index contributed by atoms with van der Waals surface area (Å²) in [7, 11) is 0. The van der Waals surface area contributed by atoms with E-state index in [4.69, 9.17) is 4.74 Å². The summed E-state index contributed by atoms with van der Waals surface area (Å²) >= 11 is 0. The predicted molar refractivity (Wildman–Crippen MR) is 88.4 cm³/mol. The topological polar surface area (TPSA) is 34.1 Å². The van der Waals surface area contributed by atoms with Crippen LogP contribution in [0.4, 0.5) is 0 Å². The van der Waals surface area contributed by atoms with Crippen LogP contribution < -0.4 is 5.32 Å². The first-order valence-corrected chi connectivity index (χ1v) is 7.90. The van der Waals surface area contributed by atoms with Crippen LogP contribution in [0.3, 0.4) is 0 Å². The van der Waals surface area contributed by atoms with E-state index in [1.807, 2.05) is 24.6 Å². The van der Waals surface area contributed by atoms with Gasteiger partial charge in [-0.3, -0.25) is 4.98 Å². The smallest absolute Gasteiger partial charge is 0.110 e. The number of benzene rings is 1. The highest BCUT2D eigenvalue weighted by Crippen LogP contribution is 2.18. The number of pyridine rings is 1. The van der Waals surface area contributed by atoms with Crippen molar-refractivity contribution < 1.29 is 4.74 Å². The third-order valence-corrected chi connectivity index (χ3v) is 3.96. The number of nitrogens with zero attached hydrogens (tertiary/aromatic N) is 1. The molecule has 2 atom stereocenters. The van der Waals surface area contributed by atoms with Gasteiger partial charge < -0.3 is 10.1 Å². The van der Waals surface area contributed by atoms with Gasteiger partial charge in [0.1, 0.15) is 6.10 Å². The van der Waals surface area contributed by atoms with Gasteiger partial charge in [-0.25, -0.2) is 0 Å². The molecule has 0 spiro atoms. The van der Waals surface area contributed by atoms with Crippen molar-refractivity contribution in [3.63, 3.8) is 0 Å². The summed E-state index contributed by atoms with van der Waals surface area (Å²) in [5.41, 5.74) is 2.40. The summed E-state index contributed by atoms with van der Waals surface area (Å²) in [5.74, 6) is 0. The van der Waals surface area contributed by atoms with Gasteiger partial charge in [0.25, 0.3) is 0 Å². The highest BCUT2D eigenvalue weighted by Gasteiger charge is 2.16. The molecule has 1 aliphatic heterocycles. The SMILES string of the molecule is C1=CO[C@H](CN[C@@H](Cc2ccccn2)c2ccccc2)CC1. The van der Waals surface area contributed by atoms with Crippen molar-refractivity contribution in [1.82, 2.24) is 10.3 Å². The number of aromatic nitrogens is 1. The van der Waals surface area contributed by atoms with Gasteiger partial charge in [0.05, 0.1) is 6.26 Å². The molecular weight excluding hydrogens is 272 g/mol. The molecule has 2 heterocycles. The average molecular weight is 294 g/mol. The molecular formula is C19H22N2O.